The van der Waals surface area contributed by atoms with Gasteiger partial charge in [-0.15, -0.1) is 11.3 Å². The highest BCUT2D eigenvalue weighted by Gasteiger charge is 2.39. The van der Waals surface area contributed by atoms with Gasteiger partial charge in [-0.25, -0.2) is 4.98 Å². The van der Waals surface area contributed by atoms with Crippen LogP contribution >= 0.6 is 23.1 Å². The monoisotopic (exact) mass is 535 g/mol. The number of rotatable bonds is 7. The summed E-state index contributed by atoms with van der Waals surface area (Å²) in [6.45, 7) is 0. The maximum Gasteiger partial charge on any atom is 0.267 e. The summed E-state index contributed by atoms with van der Waals surface area (Å²) >= 11 is 2.88. The molecular weight excluding hydrogens is 506 g/mol. The van der Waals surface area contributed by atoms with Gasteiger partial charge in [0.05, 0.1) is 31.9 Å². The minimum atomic E-state index is -0.0239. The zero-order valence-corrected chi connectivity index (χ0v) is 22.7. The predicted octanol–water partition coefficient (Wildman–Crippen LogP) is 6.77. The number of carbonyl (C=O) groups excluding carboxylic acids is 1. The smallest absolute Gasteiger partial charge is 0.267 e. The number of benzene rings is 2. The quantitative estimate of drug-likeness (QED) is 0.311. The van der Waals surface area contributed by atoms with Gasteiger partial charge in [-0.3, -0.25) is 9.69 Å². The SMILES string of the molecule is COc1cc(/C=C2\S/C(=N/c3nc(-c4ccccc4)cs3)N(C3CCCCC3)C2=O)cc(OC)c1OC. The van der Waals surface area contributed by atoms with Gasteiger partial charge in [0.25, 0.3) is 5.91 Å². The molecule has 1 saturated carbocycles. The molecule has 0 N–H and O–H groups in total. The fraction of sp³-hybridized carbons (Fsp3) is 0.321. The van der Waals surface area contributed by atoms with Crippen LogP contribution in [-0.2, 0) is 4.79 Å². The lowest BCUT2D eigenvalue weighted by Gasteiger charge is -2.30. The molecule has 2 fully saturated rings. The molecule has 7 nitrogen and oxygen atoms in total. The van der Waals surface area contributed by atoms with E-state index in [0.717, 1.165) is 42.5 Å². The molecule has 0 unspecified atom stereocenters. The number of thiazole rings is 1. The van der Waals surface area contributed by atoms with Crippen molar-refractivity contribution in [2.24, 2.45) is 4.99 Å². The number of hydrogen-bond acceptors (Lipinski definition) is 8. The first-order valence-electron chi connectivity index (χ1n) is 12.2. The molecule has 5 rings (SSSR count). The molecule has 2 aromatic carbocycles. The third-order valence-electron chi connectivity index (χ3n) is 6.51. The van der Waals surface area contributed by atoms with Crippen LogP contribution in [0, 0.1) is 0 Å². The first kappa shape index (κ1) is 25.4. The highest BCUT2D eigenvalue weighted by molar-refractivity contribution is 8.18. The number of methoxy groups -OCH3 is 3. The minimum Gasteiger partial charge on any atom is -0.493 e. The van der Waals surface area contributed by atoms with Crippen molar-refractivity contribution in [3.8, 4) is 28.5 Å². The van der Waals surface area contributed by atoms with E-state index in [0.29, 0.717) is 32.5 Å². The zero-order chi connectivity index (χ0) is 25.8. The lowest BCUT2D eigenvalue weighted by atomic mass is 9.94. The number of ether oxygens (including phenoxy) is 3. The average Bonchev–Trinajstić information content (AvgIpc) is 3.53. The fourth-order valence-corrected chi connectivity index (χ4v) is 6.49. The van der Waals surface area contributed by atoms with Crippen LogP contribution in [-0.4, -0.2) is 48.3 Å². The standard InChI is InChI=1S/C28H29N3O4S2/c1-33-22-14-18(15-23(34-2)25(22)35-3)16-24-26(32)31(20-12-8-5-9-13-20)28(37-24)30-27-29-21(17-36-27)19-10-6-4-7-11-19/h4,6-7,10-11,14-17,20H,5,8-9,12-13H2,1-3H3/b24-16-,30-28+. The lowest BCUT2D eigenvalue weighted by molar-refractivity contribution is -0.124. The molecule has 1 saturated heterocycles. The molecule has 1 aromatic heterocycles. The Morgan fingerprint density at radius 2 is 1.70 bits per heavy atom. The third-order valence-corrected chi connectivity index (χ3v) is 8.23. The number of hydrogen-bond donors (Lipinski definition) is 0. The van der Waals surface area contributed by atoms with Gasteiger partial charge >= 0.3 is 0 Å². The maximum atomic E-state index is 13.7. The molecule has 1 aliphatic heterocycles. The molecule has 2 aliphatic rings. The van der Waals surface area contributed by atoms with E-state index in [1.807, 2.05) is 58.8 Å². The number of thioether (sulfide) groups is 1. The van der Waals surface area contributed by atoms with E-state index in [1.54, 1.807) is 21.3 Å². The summed E-state index contributed by atoms with van der Waals surface area (Å²) in [5.41, 5.74) is 2.72. The van der Waals surface area contributed by atoms with Gasteiger partial charge in [-0.2, -0.15) is 4.99 Å². The molecule has 0 spiro atoms. The molecule has 37 heavy (non-hydrogen) atoms. The van der Waals surface area contributed by atoms with Crippen molar-refractivity contribution >= 4 is 45.4 Å². The summed E-state index contributed by atoms with van der Waals surface area (Å²) in [4.78, 5) is 25.8. The lowest BCUT2D eigenvalue weighted by Crippen LogP contribution is -2.40. The number of amides is 1. The second kappa shape index (κ2) is 11.4. The number of amidine groups is 1. The van der Waals surface area contributed by atoms with Crippen LogP contribution in [0.2, 0.25) is 0 Å². The van der Waals surface area contributed by atoms with E-state index < -0.39 is 0 Å². The van der Waals surface area contributed by atoms with Gasteiger partial charge in [-0.1, -0.05) is 49.6 Å². The van der Waals surface area contributed by atoms with E-state index in [4.69, 9.17) is 24.2 Å². The largest absolute Gasteiger partial charge is 0.493 e. The number of carbonyl (C=O) groups is 1. The second-order valence-electron chi connectivity index (χ2n) is 8.81. The summed E-state index contributed by atoms with van der Waals surface area (Å²) in [6.07, 6.45) is 7.28. The summed E-state index contributed by atoms with van der Waals surface area (Å²) in [5, 5.41) is 3.34. The van der Waals surface area contributed by atoms with E-state index in [-0.39, 0.29) is 11.9 Å². The fourth-order valence-electron chi connectivity index (χ4n) is 4.70. The molecule has 9 heteroatoms. The Morgan fingerprint density at radius 3 is 2.35 bits per heavy atom. The predicted molar refractivity (Wildman–Crippen MR) is 150 cm³/mol. The van der Waals surface area contributed by atoms with Crippen molar-refractivity contribution in [1.29, 1.82) is 0 Å². The molecule has 3 aromatic rings. The van der Waals surface area contributed by atoms with Crippen LogP contribution in [0.1, 0.15) is 37.7 Å². The number of nitrogens with zero attached hydrogens (tertiary/aromatic N) is 3. The minimum absolute atomic E-state index is 0.0239. The Balaban J connectivity index is 1.51. The van der Waals surface area contributed by atoms with E-state index >= 15 is 0 Å². The van der Waals surface area contributed by atoms with Crippen molar-refractivity contribution in [1.82, 2.24) is 9.88 Å². The Hall–Kier alpha value is -3.30. The Labute approximate surface area is 225 Å². The molecule has 0 radical (unpaired) electrons. The van der Waals surface area contributed by atoms with Crippen LogP contribution in [0.25, 0.3) is 17.3 Å². The zero-order valence-electron chi connectivity index (χ0n) is 21.1. The molecule has 0 bridgehead atoms. The van der Waals surface area contributed by atoms with Crippen molar-refractivity contribution in [3.05, 3.63) is 58.3 Å². The van der Waals surface area contributed by atoms with E-state index in [2.05, 4.69) is 0 Å². The first-order chi connectivity index (χ1) is 18.1. The van der Waals surface area contributed by atoms with Gasteiger partial charge < -0.3 is 14.2 Å². The highest BCUT2D eigenvalue weighted by atomic mass is 32.2. The van der Waals surface area contributed by atoms with Crippen LogP contribution in [0.4, 0.5) is 5.13 Å². The Morgan fingerprint density at radius 1 is 1.00 bits per heavy atom. The second-order valence-corrected chi connectivity index (χ2v) is 10.7. The van der Waals surface area contributed by atoms with Crippen molar-refractivity contribution in [2.75, 3.05) is 21.3 Å². The normalized spacial score (nSPS) is 18.6. The van der Waals surface area contributed by atoms with Crippen LogP contribution in [0.5, 0.6) is 17.2 Å². The molecule has 192 valence electrons. The summed E-state index contributed by atoms with van der Waals surface area (Å²) in [7, 11) is 4.73. The number of aliphatic imine (C=N–C) groups is 1. The van der Waals surface area contributed by atoms with Gasteiger partial charge in [0.1, 0.15) is 0 Å². The van der Waals surface area contributed by atoms with Gasteiger partial charge in [0.2, 0.25) is 10.9 Å². The van der Waals surface area contributed by atoms with Crippen molar-refractivity contribution < 1.29 is 19.0 Å². The molecule has 1 amide bonds. The van der Waals surface area contributed by atoms with Gasteiger partial charge in [-0.05, 0) is 48.4 Å². The third kappa shape index (κ3) is 5.38. The van der Waals surface area contributed by atoms with Crippen molar-refractivity contribution in [3.63, 3.8) is 0 Å². The van der Waals surface area contributed by atoms with E-state index in [1.165, 1.54) is 29.5 Å². The molecule has 0 atom stereocenters. The van der Waals surface area contributed by atoms with Gasteiger partial charge in [0, 0.05) is 17.0 Å². The molecule has 2 heterocycles. The highest BCUT2D eigenvalue weighted by Crippen LogP contribution is 2.42. The Bertz CT molecular complexity index is 1310. The number of aromatic nitrogens is 1. The van der Waals surface area contributed by atoms with Crippen molar-refractivity contribution in [2.45, 2.75) is 38.1 Å². The summed E-state index contributed by atoms with van der Waals surface area (Å²) in [6, 6.07) is 13.9. The summed E-state index contributed by atoms with van der Waals surface area (Å²) in [5.74, 6) is 1.57. The van der Waals surface area contributed by atoms with E-state index in [9.17, 15) is 4.79 Å². The maximum absolute atomic E-state index is 13.7. The topological polar surface area (TPSA) is 73.3 Å². The van der Waals surface area contributed by atoms with Crippen LogP contribution < -0.4 is 14.2 Å². The average molecular weight is 536 g/mol. The van der Waals surface area contributed by atoms with Gasteiger partial charge in [0.15, 0.2) is 16.7 Å². The van der Waals surface area contributed by atoms with Crippen LogP contribution in [0.3, 0.4) is 0 Å². The molecular formula is C28H29N3O4S2. The van der Waals surface area contributed by atoms with Crippen LogP contribution in [0.15, 0.2) is 57.7 Å². The molecule has 1 aliphatic carbocycles. The Kier molecular flexibility index (Phi) is 7.81. The first-order valence-corrected chi connectivity index (χ1v) is 13.9. The summed E-state index contributed by atoms with van der Waals surface area (Å²) < 4.78 is 16.4.